The van der Waals surface area contributed by atoms with Crippen LogP contribution in [0, 0.1) is 5.92 Å². The van der Waals surface area contributed by atoms with Crippen LogP contribution in [0.4, 0.5) is 0 Å². The average Bonchev–Trinajstić information content (AvgIpc) is 2.47. The molecule has 3 unspecified atom stereocenters. The molecule has 15 heavy (non-hydrogen) atoms. The number of hydrogen-bond donors (Lipinski definition) is 1. The summed E-state index contributed by atoms with van der Waals surface area (Å²) in [6.45, 7) is 8.98. The molecule has 0 aromatic carbocycles. The van der Waals surface area contributed by atoms with Crippen molar-refractivity contribution in [2.75, 3.05) is 7.05 Å². The summed E-state index contributed by atoms with van der Waals surface area (Å²) in [5.41, 5.74) is 0.117. The van der Waals surface area contributed by atoms with Gasteiger partial charge in [-0.1, -0.05) is 13.8 Å². The highest BCUT2D eigenvalue weighted by atomic mass is 16.5. The highest BCUT2D eigenvalue weighted by Crippen LogP contribution is 2.33. The molecule has 1 aliphatic rings. The molecule has 0 aromatic heterocycles. The number of hydrogen-bond acceptors (Lipinski definition) is 2. The van der Waals surface area contributed by atoms with Crippen molar-refractivity contribution in [3.05, 3.63) is 0 Å². The van der Waals surface area contributed by atoms with E-state index in [2.05, 4.69) is 40.1 Å². The van der Waals surface area contributed by atoms with Crippen molar-refractivity contribution in [2.45, 2.75) is 71.1 Å². The highest BCUT2D eigenvalue weighted by molar-refractivity contribution is 4.83. The van der Waals surface area contributed by atoms with Gasteiger partial charge >= 0.3 is 0 Å². The molecule has 3 atom stereocenters. The zero-order chi connectivity index (χ0) is 11.5. The Morgan fingerprint density at radius 1 is 1.47 bits per heavy atom. The molecule has 1 N–H and O–H groups in total. The summed E-state index contributed by atoms with van der Waals surface area (Å²) in [5, 5.41) is 3.39. The van der Waals surface area contributed by atoms with Crippen LogP contribution < -0.4 is 5.32 Å². The molecule has 1 fully saturated rings. The second-order valence-electron chi connectivity index (χ2n) is 5.55. The predicted molar refractivity (Wildman–Crippen MR) is 65.1 cm³/mol. The van der Waals surface area contributed by atoms with Gasteiger partial charge in [0.15, 0.2) is 0 Å². The standard InChI is InChI=1S/C13H27NO/c1-6-12(14-5)10(2)9-11-7-8-13(3,4)15-11/h10-12,14H,6-9H2,1-5H3. The molecule has 1 rings (SSSR count). The summed E-state index contributed by atoms with van der Waals surface area (Å²) in [4.78, 5) is 0. The quantitative estimate of drug-likeness (QED) is 0.758. The second kappa shape index (κ2) is 5.31. The zero-order valence-electron chi connectivity index (χ0n) is 11.0. The smallest absolute Gasteiger partial charge is 0.0631 e. The lowest BCUT2D eigenvalue weighted by molar-refractivity contribution is -0.0254. The maximum atomic E-state index is 6.03. The lowest BCUT2D eigenvalue weighted by Crippen LogP contribution is -2.33. The third-order valence-electron chi connectivity index (χ3n) is 3.69. The van der Waals surface area contributed by atoms with Crippen molar-refractivity contribution in [1.29, 1.82) is 0 Å². The molecule has 0 aliphatic carbocycles. The summed E-state index contributed by atoms with van der Waals surface area (Å²) in [7, 11) is 2.06. The maximum absolute atomic E-state index is 6.03. The number of rotatable bonds is 5. The summed E-state index contributed by atoms with van der Waals surface area (Å²) in [5.74, 6) is 0.707. The van der Waals surface area contributed by atoms with Gasteiger partial charge in [0.1, 0.15) is 0 Å². The van der Waals surface area contributed by atoms with E-state index >= 15 is 0 Å². The fourth-order valence-electron chi connectivity index (χ4n) is 2.71. The Hall–Kier alpha value is -0.0800. The van der Waals surface area contributed by atoms with Crippen LogP contribution in [0.1, 0.15) is 53.4 Å². The van der Waals surface area contributed by atoms with Crippen molar-refractivity contribution in [2.24, 2.45) is 5.92 Å². The van der Waals surface area contributed by atoms with Crippen LogP contribution in [0.2, 0.25) is 0 Å². The highest BCUT2D eigenvalue weighted by Gasteiger charge is 2.33. The third-order valence-corrected chi connectivity index (χ3v) is 3.69. The minimum absolute atomic E-state index is 0.117. The molecular formula is C13H27NO. The van der Waals surface area contributed by atoms with Gasteiger partial charge in [0.25, 0.3) is 0 Å². The second-order valence-corrected chi connectivity index (χ2v) is 5.55. The van der Waals surface area contributed by atoms with E-state index in [0.717, 1.165) is 0 Å². The Kier molecular flexibility index (Phi) is 4.60. The van der Waals surface area contributed by atoms with Crippen molar-refractivity contribution in [3.63, 3.8) is 0 Å². The molecule has 1 heterocycles. The van der Waals surface area contributed by atoms with Crippen molar-refractivity contribution < 1.29 is 4.74 Å². The first-order valence-electron chi connectivity index (χ1n) is 6.33. The van der Waals surface area contributed by atoms with E-state index in [4.69, 9.17) is 4.74 Å². The first-order chi connectivity index (χ1) is 6.98. The van der Waals surface area contributed by atoms with Gasteiger partial charge in [-0.25, -0.2) is 0 Å². The topological polar surface area (TPSA) is 21.3 Å². The molecule has 90 valence electrons. The van der Waals surface area contributed by atoms with E-state index in [1.54, 1.807) is 0 Å². The summed E-state index contributed by atoms with van der Waals surface area (Å²) in [6, 6.07) is 0.636. The van der Waals surface area contributed by atoms with Gasteiger partial charge in [0.2, 0.25) is 0 Å². The van der Waals surface area contributed by atoms with Gasteiger partial charge in [-0.05, 0) is 52.5 Å². The molecule has 0 aromatic rings. The van der Waals surface area contributed by atoms with Gasteiger partial charge in [-0.15, -0.1) is 0 Å². The van der Waals surface area contributed by atoms with Gasteiger partial charge in [-0.3, -0.25) is 0 Å². The minimum Gasteiger partial charge on any atom is -0.372 e. The molecule has 1 aliphatic heterocycles. The summed E-state index contributed by atoms with van der Waals surface area (Å²) in [6.07, 6.45) is 5.33. The van der Waals surface area contributed by atoms with Gasteiger partial charge < -0.3 is 10.1 Å². The largest absolute Gasteiger partial charge is 0.372 e. The summed E-state index contributed by atoms with van der Waals surface area (Å²) >= 11 is 0. The van der Waals surface area contributed by atoms with Crippen LogP contribution in [0.15, 0.2) is 0 Å². The Bertz CT molecular complexity index is 187. The number of nitrogens with one attached hydrogen (secondary N) is 1. The van der Waals surface area contributed by atoms with Crippen LogP contribution in [0.3, 0.4) is 0 Å². The van der Waals surface area contributed by atoms with E-state index in [1.807, 2.05) is 0 Å². The molecule has 2 heteroatoms. The first kappa shape index (κ1) is 13.0. The Morgan fingerprint density at radius 2 is 2.13 bits per heavy atom. The normalized spacial score (nSPS) is 29.0. The van der Waals surface area contributed by atoms with Crippen LogP contribution in [-0.2, 0) is 4.74 Å². The first-order valence-corrected chi connectivity index (χ1v) is 6.33. The number of ether oxygens (including phenoxy) is 1. The molecule has 0 radical (unpaired) electrons. The van der Waals surface area contributed by atoms with E-state index in [1.165, 1.54) is 25.7 Å². The third kappa shape index (κ3) is 3.76. The molecule has 0 spiro atoms. The minimum atomic E-state index is 0.117. The molecule has 0 saturated carbocycles. The average molecular weight is 213 g/mol. The maximum Gasteiger partial charge on any atom is 0.0631 e. The van der Waals surface area contributed by atoms with Crippen LogP contribution >= 0.6 is 0 Å². The van der Waals surface area contributed by atoms with Gasteiger partial charge in [0, 0.05) is 6.04 Å². The molecule has 0 bridgehead atoms. The zero-order valence-corrected chi connectivity index (χ0v) is 11.0. The molecular weight excluding hydrogens is 186 g/mol. The fraction of sp³-hybridized carbons (Fsp3) is 1.00. The van der Waals surface area contributed by atoms with Crippen molar-refractivity contribution in [1.82, 2.24) is 5.32 Å². The SMILES string of the molecule is CCC(NC)C(C)CC1CCC(C)(C)O1. The summed E-state index contributed by atoms with van der Waals surface area (Å²) < 4.78 is 6.03. The fourth-order valence-corrected chi connectivity index (χ4v) is 2.71. The lowest BCUT2D eigenvalue weighted by Gasteiger charge is -2.26. The van der Waals surface area contributed by atoms with Crippen LogP contribution in [0.5, 0.6) is 0 Å². The molecule has 0 amide bonds. The van der Waals surface area contributed by atoms with E-state index in [-0.39, 0.29) is 5.60 Å². The molecule has 2 nitrogen and oxygen atoms in total. The Balaban J connectivity index is 2.36. The van der Waals surface area contributed by atoms with Crippen LogP contribution in [-0.4, -0.2) is 24.8 Å². The van der Waals surface area contributed by atoms with E-state index < -0.39 is 0 Å². The monoisotopic (exact) mass is 213 g/mol. The van der Waals surface area contributed by atoms with Crippen LogP contribution in [0.25, 0.3) is 0 Å². The van der Waals surface area contributed by atoms with Crippen molar-refractivity contribution >= 4 is 0 Å². The van der Waals surface area contributed by atoms with Crippen molar-refractivity contribution in [3.8, 4) is 0 Å². The molecule has 1 saturated heterocycles. The Labute approximate surface area is 94.8 Å². The lowest BCUT2D eigenvalue weighted by atomic mass is 9.92. The Morgan fingerprint density at radius 3 is 2.53 bits per heavy atom. The predicted octanol–water partition coefficient (Wildman–Crippen LogP) is 2.97. The van der Waals surface area contributed by atoms with E-state index in [9.17, 15) is 0 Å². The van der Waals surface area contributed by atoms with Gasteiger partial charge in [-0.2, -0.15) is 0 Å². The van der Waals surface area contributed by atoms with E-state index in [0.29, 0.717) is 18.1 Å². The van der Waals surface area contributed by atoms with Gasteiger partial charge in [0.05, 0.1) is 11.7 Å².